The molecule has 0 aliphatic rings. The van der Waals surface area contributed by atoms with Crippen LogP contribution in [0.2, 0.25) is 5.15 Å². The minimum absolute atomic E-state index is 0.187. The highest BCUT2D eigenvalue weighted by Gasteiger charge is 1.99. The summed E-state index contributed by atoms with van der Waals surface area (Å²) >= 11 is 5.58. The second-order valence-electron chi connectivity index (χ2n) is 3.34. The lowest BCUT2D eigenvalue weighted by Gasteiger charge is -2.04. The van der Waals surface area contributed by atoms with E-state index in [0.29, 0.717) is 6.54 Å². The van der Waals surface area contributed by atoms with E-state index in [0.717, 1.165) is 5.56 Å². The molecule has 2 rings (SSSR count). The molecule has 1 aromatic carbocycles. The fraction of sp³-hybridized carbons (Fsp3) is 0.0909. The number of phenolic OH excluding ortho intramolecular Hbond substituents is 1. The van der Waals surface area contributed by atoms with Crippen LogP contribution in [-0.2, 0) is 6.54 Å². The van der Waals surface area contributed by atoms with E-state index < -0.39 is 0 Å². The van der Waals surface area contributed by atoms with Crippen LogP contribution in [0.25, 0.3) is 0 Å². The molecule has 0 atom stereocenters. The van der Waals surface area contributed by atoms with Gasteiger partial charge in [-0.3, -0.25) is 9.36 Å². The molecule has 0 amide bonds. The van der Waals surface area contributed by atoms with E-state index in [4.69, 9.17) is 16.7 Å². The van der Waals surface area contributed by atoms with Gasteiger partial charge in [0.25, 0.3) is 5.56 Å². The zero-order valence-corrected chi connectivity index (χ0v) is 9.05. The minimum Gasteiger partial charge on any atom is -0.508 e. The summed E-state index contributed by atoms with van der Waals surface area (Å²) in [7, 11) is 0. The maximum atomic E-state index is 11.5. The molecule has 1 heterocycles. The number of benzene rings is 1. The third-order valence-corrected chi connectivity index (χ3v) is 2.34. The van der Waals surface area contributed by atoms with E-state index in [1.165, 1.54) is 17.0 Å². The molecule has 0 aliphatic carbocycles. The molecule has 4 nitrogen and oxygen atoms in total. The molecule has 2 aromatic rings. The van der Waals surface area contributed by atoms with Crippen LogP contribution in [0.4, 0.5) is 0 Å². The second kappa shape index (κ2) is 4.37. The summed E-state index contributed by atoms with van der Waals surface area (Å²) in [6, 6.07) is 7.90. The predicted molar refractivity (Wildman–Crippen MR) is 60.7 cm³/mol. The Morgan fingerprint density at radius 1 is 1.31 bits per heavy atom. The topological polar surface area (TPSA) is 55.1 Å². The first-order valence-corrected chi connectivity index (χ1v) is 5.03. The average molecular weight is 237 g/mol. The van der Waals surface area contributed by atoms with Gasteiger partial charge in [-0.05, 0) is 17.7 Å². The number of hydrogen-bond donors (Lipinski definition) is 1. The van der Waals surface area contributed by atoms with Crippen molar-refractivity contribution in [2.75, 3.05) is 0 Å². The lowest BCUT2D eigenvalue weighted by atomic mass is 10.2. The van der Waals surface area contributed by atoms with Crippen LogP contribution >= 0.6 is 11.6 Å². The summed E-state index contributed by atoms with van der Waals surface area (Å²) in [6.07, 6.45) is 1.40. The Bertz CT molecular complexity index is 549. The Morgan fingerprint density at radius 3 is 2.62 bits per heavy atom. The van der Waals surface area contributed by atoms with Crippen molar-refractivity contribution in [2.45, 2.75) is 6.54 Å². The van der Waals surface area contributed by atoms with Crippen molar-refractivity contribution in [1.82, 2.24) is 9.55 Å². The fourth-order valence-electron chi connectivity index (χ4n) is 1.32. The first-order chi connectivity index (χ1) is 7.65. The third kappa shape index (κ3) is 2.41. The first-order valence-electron chi connectivity index (χ1n) is 4.65. The van der Waals surface area contributed by atoms with Gasteiger partial charge in [0.2, 0.25) is 0 Å². The smallest absolute Gasteiger partial charge is 0.255 e. The SMILES string of the molecule is O=c1cc(Cl)ncn1Cc1ccc(O)cc1. The van der Waals surface area contributed by atoms with Gasteiger partial charge in [-0.25, -0.2) is 4.98 Å². The summed E-state index contributed by atoms with van der Waals surface area (Å²) < 4.78 is 1.44. The second-order valence-corrected chi connectivity index (χ2v) is 3.73. The van der Waals surface area contributed by atoms with Gasteiger partial charge in [-0.2, -0.15) is 0 Å². The number of phenols is 1. The van der Waals surface area contributed by atoms with Gasteiger partial charge in [0, 0.05) is 6.07 Å². The predicted octanol–water partition coefficient (Wildman–Crippen LogP) is 1.65. The van der Waals surface area contributed by atoms with Crippen molar-refractivity contribution < 1.29 is 5.11 Å². The largest absolute Gasteiger partial charge is 0.508 e. The fourth-order valence-corrected chi connectivity index (χ4v) is 1.46. The molecule has 0 saturated heterocycles. The molecule has 0 bridgehead atoms. The summed E-state index contributed by atoms with van der Waals surface area (Å²) in [4.78, 5) is 15.3. The summed E-state index contributed by atoms with van der Waals surface area (Å²) in [5, 5.41) is 9.30. The van der Waals surface area contributed by atoms with Crippen LogP contribution in [0.1, 0.15) is 5.56 Å². The zero-order chi connectivity index (χ0) is 11.5. The maximum absolute atomic E-state index is 11.5. The van der Waals surface area contributed by atoms with Crippen molar-refractivity contribution in [1.29, 1.82) is 0 Å². The molecule has 0 spiro atoms. The van der Waals surface area contributed by atoms with Gasteiger partial charge in [0.15, 0.2) is 0 Å². The van der Waals surface area contributed by atoms with Gasteiger partial charge >= 0.3 is 0 Å². The number of nitrogens with zero attached hydrogens (tertiary/aromatic N) is 2. The van der Waals surface area contributed by atoms with Crippen LogP contribution < -0.4 is 5.56 Å². The van der Waals surface area contributed by atoms with Crippen LogP contribution in [0.3, 0.4) is 0 Å². The van der Waals surface area contributed by atoms with E-state index in [1.54, 1.807) is 24.3 Å². The normalized spacial score (nSPS) is 10.3. The number of hydrogen-bond acceptors (Lipinski definition) is 3. The lowest BCUT2D eigenvalue weighted by molar-refractivity contribution is 0.475. The highest BCUT2D eigenvalue weighted by molar-refractivity contribution is 6.29. The molecular weight excluding hydrogens is 228 g/mol. The standard InChI is InChI=1S/C11H9ClN2O2/c12-10-5-11(16)14(7-13-10)6-8-1-3-9(15)4-2-8/h1-5,7,15H,6H2. The third-order valence-electron chi connectivity index (χ3n) is 2.14. The van der Waals surface area contributed by atoms with Crippen molar-refractivity contribution in [3.05, 3.63) is 57.7 Å². The maximum Gasteiger partial charge on any atom is 0.255 e. The van der Waals surface area contributed by atoms with E-state index in [2.05, 4.69) is 4.98 Å². The molecule has 16 heavy (non-hydrogen) atoms. The van der Waals surface area contributed by atoms with Crippen LogP contribution in [-0.4, -0.2) is 14.7 Å². The summed E-state index contributed by atoms with van der Waals surface area (Å²) in [6.45, 7) is 0.406. The average Bonchev–Trinajstić information content (AvgIpc) is 2.25. The number of aromatic nitrogens is 2. The molecule has 0 unspecified atom stereocenters. The molecule has 5 heteroatoms. The lowest BCUT2D eigenvalue weighted by Crippen LogP contribution is -2.19. The van der Waals surface area contributed by atoms with Crippen molar-refractivity contribution in [3.63, 3.8) is 0 Å². The van der Waals surface area contributed by atoms with Gasteiger partial charge in [-0.1, -0.05) is 23.7 Å². The highest BCUT2D eigenvalue weighted by Crippen LogP contribution is 2.10. The Kier molecular flexibility index (Phi) is 2.92. The summed E-state index contributed by atoms with van der Waals surface area (Å²) in [5.74, 6) is 0.199. The monoisotopic (exact) mass is 236 g/mol. The van der Waals surface area contributed by atoms with Crippen molar-refractivity contribution >= 4 is 11.6 Å². The molecule has 82 valence electrons. The molecule has 1 aromatic heterocycles. The number of halogens is 1. The van der Waals surface area contributed by atoms with Crippen molar-refractivity contribution in [3.8, 4) is 5.75 Å². The molecule has 0 fully saturated rings. The van der Waals surface area contributed by atoms with Crippen LogP contribution in [0.5, 0.6) is 5.75 Å². The van der Waals surface area contributed by atoms with E-state index in [9.17, 15) is 4.79 Å². The molecule has 0 saturated carbocycles. The Balaban J connectivity index is 2.27. The highest BCUT2D eigenvalue weighted by atomic mass is 35.5. The van der Waals surface area contributed by atoms with E-state index in [1.807, 2.05) is 0 Å². The van der Waals surface area contributed by atoms with Crippen LogP contribution in [0, 0.1) is 0 Å². The quantitative estimate of drug-likeness (QED) is 0.807. The van der Waals surface area contributed by atoms with Gasteiger partial charge in [0.05, 0.1) is 12.9 Å². The number of aromatic hydroxyl groups is 1. The number of rotatable bonds is 2. The van der Waals surface area contributed by atoms with Gasteiger partial charge in [-0.15, -0.1) is 0 Å². The Labute approximate surface area is 96.8 Å². The van der Waals surface area contributed by atoms with Gasteiger partial charge < -0.3 is 5.11 Å². The van der Waals surface area contributed by atoms with Crippen molar-refractivity contribution in [2.24, 2.45) is 0 Å². The van der Waals surface area contributed by atoms with E-state index >= 15 is 0 Å². The minimum atomic E-state index is -0.201. The zero-order valence-electron chi connectivity index (χ0n) is 8.30. The molecule has 0 aliphatic heterocycles. The Hall–Kier alpha value is -1.81. The van der Waals surface area contributed by atoms with Gasteiger partial charge in [0.1, 0.15) is 10.9 Å². The van der Waals surface area contributed by atoms with Crippen LogP contribution in [0.15, 0.2) is 41.5 Å². The molecule has 0 radical (unpaired) electrons. The van der Waals surface area contributed by atoms with E-state index in [-0.39, 0.29) is 16.5 Å². The first kappa shape index (κ1) is 10.7. The molecular formula is C11H9ClN2O2. The molecule has 1 N–H and O–H groups in total. The Morgan fingerprint density at radius 2 is 2.00 bits per heavy atom. The summed E-state index contributed by atoms with van der Waals surface area (Å²) in [5.41, 5.74) is 0.706.